The largest absolute Gasteiger partial charge is 0.482 e. The number of nitrogens with one attached hydrogen (secondary N) is 1. The van der Waals surface area contributed by atoms with Crippen LogP contribution in [0.25, 0.3) is 0 Å². The number of rotatable bonds is 8. The van der Waals surface area contributed by atoms with Gasteiger partial charge >= 0.3 is 5.97 Å². The molecule has 1 rings (SSSR count). The van der Waals surface area contributed by atoms with Crippen molar-refractivity contribution in [2.24, 2.45) is 0 Å². The number of esters is 1. The smallest absolute Gasteiger partial charge is 0.343 e. The maximum absolute atomic E-state index is 12.3. The first-order valence-electron chi connectivity index (χ1n) is 7.12. The van der Waals surface area contributed by atoms with Gasteiger partial charge in [0.05, 0.1) is 12.0 Å². The van der Waals surface area contributed by atoms with Crippen LogP contribution >= 0.6 is 0 Å². The lowest BCUT2D eigenvalue weighted by Crippen LogP contribution is -2.32. The third-order valence-electron chi connectivity index (χ3n) is 3.11. The number of carbonyl (C=O) groups excluding carboxylic acids is 1. The topological polar surface area (TPSA) is 81.7 Å². The van der Waals surface area contributed by atoms with E-state index in [-0.39, 0.29) is 17.5 Å². The Morgan fingerprint density at radius 2 is 2.05 bits per heavy atom. The Morgan fingerprint density at radius 1 is 1.36 bits per heavy atom. The van der Waals surface area contributed by atoms with E-state index in [2.05, 4.69) is 9.46 Å². The van der Waals surface area contributed by atoms with Crippen LogP contribution in [0.1, 0.15) is 32.3 Å². The minimum Gasteiger partial charge on any atom is -0.482 e. The first-order valence-corrected chi connectivity index (χ1v) is 8.61. The van der Waals surface area contributed by atoms with E-state index in [0.717, 1.165) is 12.8 Å². The molecule has 0 bridgehead atoms. The molecule has 0 aliphatic heterocycles. The highest BCUT2D eigenvalue weighted by Crippen LogP contribution is 2.22. The van der Waals surface area contributed by atoms with Crippen molar-refractivity contribution in [2.75, 3.05) is 13.7 Å². The lowest BCUT2D eigenvalue weighted by Gasteiger charge is -2.14. The normalized spacial score (nSPS) is 12.7. The molecule has 1 atom stereocenters. The first-order chi connectivity index (χ1) is 10.3. The summed E-state index contributed by atoms with van der Waals surface area (Å²) in [6, 6.07) is 4.40. The quantitative estimate of drug-likeness (QED) is 0.738. The van der Waals surface area contributed by atoms with E-state index in [1.165, 1.54) is 25.3 Å². The Hall–Kier alpha value is -1.60. The van der Waals surface area contributed by atoms with E-state index < -0.39 is 16.0 Å². The summed E-state index contributed by atoms with van der Waals surface area (Å²) < 4.78 is 36.9. The number of ether oxygens (including phenoxy) is 2. The monoisotopic (exact) mass is 329 g/mol. The van der Waals surface area contributed by atoms with Crippen LogP contribution in [0.15, 0.2) is 23.1 Å². The van der Waals surface area contributed by atoms with Crippen molar-refractivity contribution in [1.82, 2.24) is 4.72 Å². The lowest BCUT2D eigenvalue weighted by molar-refractivity contribution is -0.142. The summed E-state index contributed by atoms with van der Waals surface area (Å²) in [4.78, 5) is 11.2. The van der Waals surface area contributed by atoms with Gasteiger partial charge in [-0.2, -0.15) is 0 Å². The van der Waals surface area contributed by atoms with Gasteiger partial charge in [0, 0.05) is 6.04 Å². The molecule has 6 nitrogen and oxygen atoms in total. The summed E-state index contributed by atoms with van der Waals surface area (Å²) in [5.74, 6) is -0.0443. The van der Waals surface area contributed by atoms with E-state index >= 15 is 0 Å². The highest BCUT2D eigenvalue weighted by atomic mass is 32.2. The molecule has 0 amide bonds. The van der Waals surface area contributed by atoms with E-state index in [1.54, 1.807) is 6.92 Å². The maximum atomic E-state index is 12.3. The van der Waals surface area contributed by atoms with E-state index in [1.807, 2.05) is 13.8 Å². The van der Waals surface area contributed by atoms with Gasteiger partial charge < -0.3 is 9.47 Å². The third-order valence-corrected chi connectivity index (χ3v) is 4.70. The molecule has 0 saturated heterocycles. The lowest BCUT2D eigenvalue weighted by atomic mass is 10.2. The molecule has 1 N–H and O–H groups in total. The Balaban J connectivity index is 2.85. The molecular formula is C15H23NO5S. The molecule has 7 heteroatoms. The summed E-state index contributed by atoms with van der Waals surface area (Å²) >= 11 is 0. The Labute approximate surface area is 131 Å². The molecule has 0 aliphatic rings. The van der Waals surface area contributed by atoms with Gasteiger partial charge in [-0.3, -0.25) is 0 Å². The standard InChI is InChI=1S/C15H23NO5S/c1-5-6-12(3)16-22(18,19)13-7-8-14(11(2)9-13)21-10-15(17)20-4/h7-9,12,16H,5-6,10H2,1-4H3/t12-/m0/s1. The highest BCUT2D eigenvalue weighted by Gasteiger charge is 2.18. The van der Waals surface area contributed by atoms with Gasteiger partial charge in [-0.1, -0.05) is 13.3 Å². The minimum atomic E-state index is -3.55. The number of hydrogen-bond donors (Lipinski definition) is 1. The molecule has 0 fully saturated rings. The van der Waals surface area contributed by atoms with Crippen LogP contribution in [0.4, 0.5) is 0 Å². The zero-order chi connectivity index (χ0) is 16.8. The van der Waals surface area contributed by atoms with Gasteiger partial charge in [0.15, 0.2) is 6.61 Å². The first kappa shape index (κ1) is 18.4. The fraction of sp³-hybridized carbons (Fsp3) is 0.533. The summed E-state index contributed by atoms with van der Waals surface area (Å²) in [6.07, 6.45) is 1.68. The fourth-order valence-electron chi connectivity index (χ4n) is 1.97. The molecule has 0 saturated carbocycles. The van der Waals surface area contributed by atoms with Crippen molar-refractivity contribution in [3.63, 3.8) is 0 Å². The molecule has 0 aliphatic carbocycles. The Kier molecular flexibility index (Phi) is 6.83. The molecule has 22 heavy (non-hydrogen) atoms. The molecule has 0 aromatic heterocycles. The second-order valence-corrected chi connectivity index (χ2v) is 6.82. The molecule has 124 valence electrons. The fourth-order valence-corrected chi connectivity index (χ4v) is 3.33. The molecule has 0 heterocycles. The number of sulfonamides is 1. The average Bonchev–Trinajstić information content (AvgIpc) is 2.45. The van der Waals surface area contributed by atoms with Gasteiger partial charge in [-0.25, -0.2) is 17.9 Å². The SMILES string of the molecule is CCC[C@H](C)NS(=O)(=O)c1ccc(OCC(=O)OC)c(C)c1. The number of methoxy groups -OCH3 is 1. The zero-order valence-corrected chi connectivity index (χ0v) is 14.2. The van der Waals surface area contributed by atoms with Crippen molar-refractivity contribution in [2.45, 2.75) is 44.6 Å². The Bertz CT molecular complexity index is 612. The van der Waals surface area contributed by atoms with Crippen molar-refractivity contribution < 1.29 is 22.7 Å². The predicted molar refractivity (Wildman–Crippen MR) is 83.4 cm³/mol. The molecule has 1 aromatic rings. The Morgan fingerprint density at radius 3 is 2.59 bits per heavy atom. The van der Waals surface area contributed by atoms with Crippen LogP contribution in [0.3, 0.4) is 0 Å². The summed E-state index contributed by atoms with van der Waals surface area (Å²) in [6.45, 7) is 5.35. The molecule has 0 unspecified atom stereocenters. The minimum absolute atomic E-state index is 0.120. The van der Waals surface area contributed by atoms with Gasteiger partial charge in [-0.05, 0) is 44.0 Å². The van der Waals surface area contributed by atoms with Gasteiger partial charge in [0.25, 0.3) is 0 Å². The maximum Gasteiger partial charge on any atom is 0.343 e. The molecule has 0 radical (unpaired) electrons. The summed E-state index contributed by atoms with van der Waals surface area (Å²) in [5.41, 5.74) is 0.634. The van der Waals surface area contributed by atoms with Crippen LogP contribution in [0.5, 0.6) is 5.75 Å². The second kappa shape index (κ2) is 8.14. The van der Waals surface area contributed by atoms with Crippen molar-refractivity contribution >= 4 is 16.0 Å². The predicted octanol–water partition coefficient (Wildman–Crippen LogP) is 2.01. The zero-order valence-electron chi connectivity index (χ0n) is 13.4. The van der Waals surface area contributed by atoms with Gasteiger partial charge in [0.2, 0.25) is 10.0 Å². The van der Waals surface area contributed by atoms with Crippen molar-refractivity contribution in [1.29, 1.82) is 0 Å². The van der Waals surface area contributed by atoms with Crippen LogP contribution in [0, 0.1) is 6.92 Å². The number of benzene rings is 1. The third kappa shape index (κ3) is 5.31. The molecule has 1 aromatic carbocycles. The van der Waals surface area contributed by atoms with E-state index in [0.29, 0.717) is 11.3 Å². The highest BCUT2D eigenvalue weighted by molar-refractivity contribution is 7.89. The molecular weight excluding hydrogens is 306 g/mol. The van der Waals surface area contributed by atoms with Crippen LogP contribution in [0.2, 0.25) is 0 Å². The van der Waals surface area contributed by atoms with Crippen LogP contribution in [-0.4, -0.2) is 34.1 Å². The van der Waals surface area contributed by atoms with E-state index in [4.69, 9.17) is 4.74 Å². The van der Waals surface area contributed by atoms with Crippen molar-refractivity contribution in [3.05, 3.63) is 23.8 Å². The van der Waals surface area contributed by atoms with Crippen molar-refractivity contribution in [3.8, 4) is 5.75 Å². The number of carbonyl (C=O) groups is 1. The van der Waals surface area contributed by atoms with E-state index in [9.17, 15) is 13.2 Å². The number of aryl methyl sites for hydroxylation is 1. The van der Waals surface area contributed by atoms with Crippen LogP contribution < -0.4 is 9.46 Å². The second-order valence-electron chi connectivity index (χ2n) is 5.10. The number of hydrogen-bond acceptors (Lipinski definition) is 5. The average molecular weight is 329 g/mol. The summed E-state index contributed by atoms with van der Waals surface area (Å²) in [5, 5.41) is 0. The van der Waals surface area contributed by atoms with Gasteiger partial charge in [-0.15, -0.1) is 0 Å². The van der Waals surface area contributed by atoms with Crippen LogP contribution in [-0.2, 0) is 19.6 Å². The molecule has 0 spiro atoms. The van der Waals surface area contributed by atoms with Gasteiger partial charge in [0.1, 0.15) is 5.75 Å². The summed E-state index contributed by atoms with van der Waals surface area (Å²) in [7, 11) is -2.28.